The summed E-state index contributed by atoms with van der Waals surface area (Å²) in [5, 5.41) is 0. The van der Waals surface area contributed by atoms with Gasteiger partial charge in [0.25, 0.3) is 0 Å². The molecule has 0 aliphatic rings. The lowest BCUT2D eigenvalue weighted by atomic mass is 9.97. The van der Waals surface area contributed by atoms with Crippen LogP contribution in [-0.2, 0) is 12.6 Å². The van der Waals surface area contributed by atoms with Gasteiger partial charge in [0.1, 0.15) is 5.75 Å². The van der Waals surface area contributed by atoms with E-state index >= 15 is 0 Å². The van der Waals surface area contributed by atoms with Gasteiger partial charge < -0.3 is 10.5 Å². The fourth-order valence-electron chi connectivity index (χ4n) is 2.24. The van der Waals surface area contributed by atoms with Gasteiger partial charge >= 0.3 is 12.5 Å². The van der Waals surface area contributed by atoms with Gasteiger partial charge in [-0.1, -0.05) is 24.3 Å². The molecule has 0 saturated carbocycles. The van der Waals surface area contributed by atoms with E-state index in [0.717, 1.165) is 18.2 Å². The minimum absolute atomic E-state index is 0.0748. The third-order valence-corrected chi connectivity index (χ3v) is 3.25. The third-order valence-electron chi connectivity index (χ3n) is 3.25. The quantitative estimate of drug-likeness (QED) is 0.807. The second-order valence-electron chi connectivity index (χ2n) is 4.98. The summed E-state index contributed by atoms with van der Waals surface area (Å²) in [6, 6.07) is 8.38. The normalized spacial score (nSPS) is 12.3. The van der Waals surface area contributed by atoms with Crippen molar-refractivity contribution in [2.75, 3.05) is 6.54 Å². The third kappa shape index (κ3) is 4.64. The summed E-state index contributed by atoms with van der Waals surface area (Å²) in [7, 11) is 0. The molecule has 24 heavy (non-hydrogen) atoms. The highest BCUT2D eigenvalue weighted by Gasteiger charge is 2.33. The van der Waals surface area contributed by atoms with Gasteiger partial charge in [0.2, 0.25) is 0 Å². The summed E-state index contributed by atoms with van der Waals surface area (Å²) in [6.45, 7) is 0.0753. The highest BCUT2D eigenvalue weighted by molar-refractivity contribution is 5.66. The standard InChI is InChI=1S/C16H13F6NO/c17-15(18,19)14-9-12(2-1-11(14)7-8-23)10-3-5-13(6-4-10)24-16(20,21)22/h1-6,9H,7-8,23H2. The van der Waals surface area contributed by atoms with Crippen LogP contribution in [0.2, 0.25) is 0 Å². The zero-order valence-corrected chi connectivity index (χ0v) is 12.2. The topological polar surface area (TPSA) is 35.2 Å². The second-order valence-corrected chi connectivity index (χ2v) is 4.98. The van der Waals surface area contributed by atoms with Crippen LogP contribution in [0.25, 0.3) is 11.1 Å². The van der Waals surface area contributed by atoms with Crippen LogP contribution < -0.4 is 10.5 Å². The predicted molar refractivity (Wildman–Crippen MR) is 76.3 cm³/mol. The largest absolute Gasteiger partial charge is 0.573 e. The van der Waals surface area contributed by atoms with E-state index in [1.807, 2.05) is 0 Å². The second kappa shape index (κ2) is 6.72. The van der Waals surface area contributed by atoms with Crippen LogP contribution in [0.1, 0.15) is 11.1 Å². The Bertz CT molecular complexity index is 691. The monoisotopic (exact) mass is 349 g/mol. The molecule has 0 heterocycles. The molecule has 0 aliphatic heterocycles. The van der Waals surface area contributed by atoms with E-state index in [9.17, 15) is 26.3 Å². The molecular formula is C16H13F6NO. The summed E-state index contributed by atoms with van der Waals surface area (Å²) in [6.07, 6.45) is -9.29. The Labute approximate surface area is 133 Å². The highest BCUT2D eigenvalue weighted by Crippen LogP contribution is 2.35. The molecule has 0 saturated heterocycles. The Morgan fingerprint density at radius 1 is 0.833 bits per heavy atom. The first-order valence-electron chi connectivity index (χ1n) is 6.86. The average Bonchev–Trinajstić information content (AvgIpc) is 2.46. The summed E-state index contributed by atoms with van der Waals surface area (Å²) in [4.78, 5) is 0. The maximum absolute atomic E-state index is 13.1. The molecule has 0 atom stereocenters. The Hall–Kier alpha value is -2.22. The van der Waals surface area contributed by atoms with Crippen LogP contribution >= 0.6 is 0 Å². The first-order valence-corrected chi connectivity index (χ1v) is 6.86. The molecule has 2 N–H and O–H groups in total. The van der Waals surface area contributed by atoms with Crippen LogP contribution in [0.3, 0.4) is 0 Å². The van der Waals surface area contributed by atoms with Crippen molar-refractivity contribution in [3.8, 4) is 16.9 Å². The number of ether oxygens (including phenoxy) is 1. The van der Waals surface area contributed by atoms with Gasteiger partial charge in [0.15, 0.2) is 0 Å². The fraction of sp³-hybridized carbons (Fsp3) is 0.250. The number of rotatable bonds is 4. The van der Waals surface area contributed by atoms with Crippen molar-refractivity contribution in [3.63, 3.8) is 0 Å². The van der Waals surface area contributed by atoms with Crippen LogP contribution in [0.5, 0.6) is 5.75 Å². The Morgan fingerprint density at radius 2 is 1.42 bits per heavy atom. The zero-order chi connectivity index (χ0) is 18.0. The molecule has 0 spiro atoms. The van der Waals surface area contributed by atoms with E-state index in [1.165, 1.54) is 24.3 Å². The van der Waals surface area contributed by atoms with Crippen LogP contribution in [-0.4, -0.2) is 12.9 Å². The van der Waals surface area contributed by atoms with Crippen molar-refractivity contribution in [1.82, 2.24) is 0 Å². The fourth-order valence-corrected chi connectivity index (χ4v) is 2.24. The molecule has 0 bridgehead atoms. The molecule has 0 fully saturated rings. The van der Waals surface area contributed by atoms with Gasteiger partial charge in [-0.3, -0.25) is 0 Å². The van der Waals surface area contributed by atoms with Crippen LogP contribution in [0.4, 0.5) is 26.3 Å². The molecular weight excluding hydrogens is 336 g/mol. The van der Waals surface area contributed by atoms with Gasteiger partial charge in [-0.2, -0.15) is 13.2 Å². The lowest BCUT2D eigenvalue weighted by molar-refractivity contribution is -0.274. The summed E-state index contributed by atoms with van der Waals surface area (Å²) in [5.41, 5.74) is 5.17. The van der Waals surface area contributed by atoms with E-state index in [2.05, 4.69) is 4.74 Å². The van der Waals surface area contributed by atoms with Gasteiger partial charge in [-0.05, 0) is 47.9 Å². The number of benzene rings is 2. The van der Waals surface area contributed by atoms with E-state index in [1.54, 1.807) is 0 Å². The molecule has 2 rings (SSSR count). The molecule has 2 nitrogen and oxygen atoms in total. The van der Waals surface area contributed by atoms with Gasteiger partial charge in [0, 0.05) is 0 Å². The van der Waals surface area contributed by atoms with E-state index < -0.39 is 23.9 Å². The Morgan fingerprint density at radius 3 is 1.92 bits per heavy atom. The predicted octanol–water partition coefficient (Wildman–Crippen LogP) is 4.77. The molecule has 0 unspecified atom stereocenters. The average molecular weight is 349 g/mol. The molecule has 2 aromatic rings. The number of halogens is 6. The highest BCUT2D eigenvalue weighted by atomic mass is 19.4. The molecule has 0 amide bonds. The van der Waals surface area contributed by atoms with Crippen LogP contribution in [0.15, 0.2) is 42.5 Å². The maximum Gasteiger partial charge on any atom is 0.573 e. The first kappa shape index (κ1) is 18.1. The smallest absolute Gasteiger partial charge is 0.406 e. The maximum atomic E-state index is 13.1. The number of nitrogens with two attached hydrogens (primary N) is 1. The summed E-state index contributed by atoms with van der Waals surface area (Å²) >= 11 is 0. The van der Waals surface area contributed by atoms with Crippen molar-refractivity contribution >= 4 is 0 Å². The minimum Gasteiger partial charge on any atom is -0.406 e. The van der Waals surface area contributed by atoms with Crippen molar-refractivity contribution in [2.24, 2.45) is 5.73 Å². The lowest BCUT2D eigenvalue weighted by Gasteiger charge is -2.15. The van der Waals surface area contributed by atoms with E-state index in [4.69, 9.17) is 5.73 Å². The number of alkyl halides is 6. The van der Waals surface area contributed by atoms with Gasteiger partial charge in [-0.15, -0.1) is 13.2 Å². The van der Waals surface area contributed by atoms with E-state index in [0.29, 0.717) is 5.56 Å². The van der Waals surface area contributed by atoms with Gasteiger partial charge in [-0.25, -0.2) is 0 Å². The van der Waals surface area contributed by atoms with Gasteiger partial charge in [0.05, 0.1) is 5.56 Å². The molecule has 0 aromatic heterocycles. The molecule has 0 radical (unpaired) electrons. The Balaban J connectivity index is 2.35. The minimum atomic E-state index is -4.82. The molecule has 0 aliphatic carbocycles. The lowest BCUT2D eigenvalue weighted by Crippen LogP contribution is -2.16. The summed E-state index contributed by atoms with van der Waals surface area (Å²) < 4.78 is 79.4. The molecule has 130 valence electrons. The zero-order valence-electron chi connectivity index (χ0n) is 12.2. The SMILES string of the molecule is NCCc1ccc(-c2ccc(OC(F)(F)F)cc2)cc1C(F)(F)F. The number of hydrogen-bond donors (Lipinski definition) is 1. The van der Waals surface area contributed by atoms with Crippen molar-refractivity contribution in [2.45, 2.75) is 19.0 Å². The molecule has 2 aromatic carbocycles. The van der Waals surface area contributed by atoms with Crippen molar-refractivity contribution < 1.29 is 31.1 Å². The van der Waals surface area contributed by atoms with Crippen molar-refractivity contribution in [3.05, 3.63) is 53.6 Å². The van der Waals surface area contributed by atoms with Crippen LogP contribution in [0, 0.1) is 0 Å². The summed E-state index contributed by atoms with van der Waals surface area (Å²) in [5.74, 6) is -0.443. The Kier molecular flexibility index (Phi) is 5.08. The van der Waals surface area contributed by atoms with E-state index in [-0.39, 0.29) is 24.1 Å². The molecule has 8 heteroatoms. The van der Waals surface area contributed by atoms with Crippen molar-refractivity contribution in [1.29, 1.82) is 0 Å². The number of hydrogen-bond acceptors (Lipinski definition) is 2. The first-order chi connectivity index (χ1) is 11.1.